The van der Waals surface area contributed by atoms with Crippen LogP contribution < -0.4 is 10.5 Å². The molecule has 0 fully saturated rings. The number of ether oxygens (including phenoxy) is 1. The number of hydrogen-bond donors (Lipinski definition) is 2. The van der Waals surface area contributed by atoms with Crippen LogP contribution in [0.2, 0.25) is 5.02 Å². The molecule has 1 amide bonds. The Bertz CT molecular complexity index is 733. The van der Waals surface area contributed by atoms with Crippen molar-refractivity contribution in [1.29, 1.82) is 0 Å². The van der Waals surface area contributed by atoms with Crippen LogP contribution >= 0.6 is 11.6 Å². The molecule has 22 heavy (non-hydrogen) atoms. The first-order valence-corrected chi connectivity index (χ1v) is 7.21. The summed E-state index contributed by atoms with van der Waals surface area (Å²) in [4.78, 5) is 14.3. The largest absolute Gasteiger partial charge is 0.508 e. The van der Waals surface area contributed by atoms with Gasteiger partial charge in [-0.1, -0.05) is 11.6 Å². The van der Waals surface area contributed by atoms with E-state index < -0.39 is 0 Å². The Morgan fingerprint density at radius 2 is 2.09 bits per heavy atom. The van der Waals surface area contributed by atoms with Gasteiger partial charge in [0, 0.05) is 22.8 Å². The van der Waals surface area contributed by atoms with Gasteiger partial charge in [-0.25, -0.2) is 0 Å². The van der Waals surface area contributed by atoms with Crippen molar-refractivity contribution < 1.29 is 14.6 Å². The zero-order valence-electron chi connectivity index (χ0n) is 11.8. The fourth-order valence-electron chi connectivity index (χ4n) is 2.44. The number of fused-ring (bicyclic) bond motifs is 1. The molecule has 0 unspecified atom stereocenters. The number of phenolic OH excluding ortho intramolecular Hbond substituents is 1. The third kappa shape index (κ3) is 2.80. The van der Waals surface area contributed by atoms with Gasteiger partial charge < -0.3 is 20.5 Å². The van der Waals surface area contributed by atoms with Gasteiger partial charge in [0.05, 0.1) is 12.1 Å². The van der Waals surface area contributed by atoms with Crippen LogP contribution in [-0.4, -0.2) is 29.1 Å². The smallest absolute Gasteiger partial charge is 0.256 e. The molecule has 0 saturated heterocycles. The van der Waals surface area contributed by atoms with Crippen LogP contribution in [0.3, 0.4) is 0 Å². The van der Waals surface area contributed by atoms with Crippen LogP contribution in [0.4, 0.5) is 5.69 Å². The van der Waals surface area contributed by atoms with Crippen LogP contribution in [0.15, 0.2) is 36.4 Å². The number of nitrogens with two attached hydrogens (primary N) is 1. The molecule has 1 aliphatic heterocycles. The number of rotatable bonds is 1. The Hall–Kier alpha value is -2.40. The Morgan fingerprint density at radius 1 is 1.27 bits per heavy atom. The minimum Gasteiger partial charge on any atom is -0.508 e. The molecule has 0 aromatic heterocycles. The molecule has 3 rings (SSSR count). The molecule has 0 aliphatic carbocycles. The van der Waals surface area contributed by atoms with Gasteiger partial charge in [0.15, 0.2) is 0 Å². The molecule has 1 aliphatic rings. The summed E-state index contributed by atoms with van der Waals surface area (Å²) in [5, 5.41) is 10.2. The molecule has 3 N–H and O–H groups in total. The molecule has 0 atom stereocenters. The van der Waals surface area contributed by atoms with Gasteiger partial charge in [-0.2, -0.15) is 0 Å². The number of anilines is 1. The third-order valence-electron chi connectivity index (χ3n) is 3.56. The number of aromatic hydroxyl groups is 1. The number of benzene rings is 2. The highest BCUT2D eigenvalue weighted by atomic mass is 35.5. The molecule has 0 saturated carbocycles. The number of carbonyl (C=O) groups excluding carboxylic acids is 1. The molecule has 2 aromatic rings. The predicted octanol–water partition coefficient (Wildman–Crippen LogP) is 2.66. The minimum atomic E-state index is -0.246. The van der Waals surface area contributed by atoms with E-state index in [9.17, 15) is 9.90 Å². The number of carbonyl (C=O) groups is 1. The van der Waals surface area contributed by atoms with Crippen molar-refractivity contribution in [2.24, 2.45) is 0 Å². The number of nitrogen functional groups attached to an aromatic ring is 1. The minimum absolute atomic E-state index is 0.00654. The average Bonchev–Trinajstić information content (AvgIpc) is 2.70. The van der Waals surface area contributed by atoms with Crippen molar-refractivity contribution in [2.75, 3.05) is 18.9 Å². The van der Waals surface area contributed by atoms with Crippen LogP contribution in [0.5, 0.6) is 11.5 Å². The first-order valence-electron chi connectivity index (χ1n) is 6.83. The lowest BCUT2D eigenvalue weighted by Crippen LogP contribution is -2.32. The number of amides is 1. The standard InChI is InChI=1S/C16H15ClN2O3/c17-11-1-4-15-10(7-11)9-19(5-6-22-15)16(21)13-8-12(20)2-3-14(13)18/h1-4,7-8,20H,5-6,9,18H2. The highest BCUT2D eigenvalue weighted by molar-refractivity contribution is 6.30. The Labute approximate surface area is 132 Å². The molecule has 0 spiro atoms. The maximum Gasteiger partial charge on any atom is 0.256 e. The number of hydrogen-bond acceptors (Lipinski definition) is 4. The third-order valence-corrected chi connectivity index (χ3v) is 3.79. The van der Waals surface area contributed by atoms with Gasteiger partial charge in [0.2, 0.25) is 0 Å². The maximum atomic E-state index is 12.7. The normalized spacial score (nSPS) is 14.0. The van der Waals surface area contributed by atoms with Crippen LogP contribution in [0, 0.1) is 0 Å². The molecule has 2 aromatic carbocycles. The van der Waals surface area contributed by atoms with Gasteiger partial charge in [-0.05, 0) is 36.4 Å². The number of phenols is 1. The van der Waals surface area contributed by atoms with Crippen molar-refractivity contribution >= 4 is 23.2 Å². The second kappa shape index (κ2) is 5.77. The zero-order chi connectivity index (χ0) is 15.7. The van der Waals surface area contributed by atoms with E-state index >= 15 is 0 Å². The molecule has 6 heteroatoms. The summed E-state index contributed by atoms with van der Waals surface area (Å²) in [5.74, 6) is 0.487. The van der Waals surface area contributed by atoms with Gasteiger partial charge in [-0.15, -0.1) is 0 Å². The lowest BCUT2D eigenvalue weighted by atomic mass is 10.1. The van der Waals surface area contributed by atoms with E-state index in [2.05, 4.69) is 0 Å². The van der Waals surface area contributed by atoms with E-state index in [1.807, 2.05) is 0 Å². The van der Waals surface area contributed by atoms with Crippen molar-refractivity contribution in [3.8, 4) is 11.5 Å². The molecule has 114 valence electrons. The molecule has 0 bridgehead atoms. The quantitative estimate of drug-likeness (QED) is 0.626. The van der Waals surface area contributed by atoms with E-state index in [1.54, 1.807) is 23.1 Å². The van der Waals surface area contributed by atoms with Crippen LogP contribution in [-0.2, 0) is 6.54 Å². The van der Waals surface area contributed by atoms with E-state index in [-0.39, 0.29) is 17.2 Å². The second-order valence-electron chi connectivity index (χ2n) is 5.10. The van der Waals surface area contributed by atoms with Gasteiger partial charge in [0.25, 0.3) is 5.91 Å². The van der Waals surface area contributed by atoms with E-state index in [4.69, 9.17) is 22.1 Å². The Morgan fingerprint density at radius 3 is 2.91 bits per heavy atom. The summed E-state index contributed by atoms with van der Waals surface area (Å²) in [6, 6.07) is 9.68. The fraction of sp³-hybridized carbons (Fsp3) is 0.188. The highest BCUT2D eigenvalue weighted by Crippen LogP contribution is 2.28. The predicted molar refractivity (Wildman–Crippen MR) is 84.2 cm³/mol. The topological polar surface area (TPSA) is 75.8 Å². The fourth-order valence-corrected chi connectivity index (χ4v) is 2.63. The molecule has 5 nitrogen and oxygen atoms in total. The second-order valence-corrected chi connectivity index (χ2v) is 5.54. The number of halogens is 1. The first kappa shape index (κ1) is 14.5. The summed E-state index contributed by atoms with van der Waals surface area (Å²) in [7, 11) is 0. The first-order chi connectivity index (χ1) is 10.5. The van der Waals surface area contributed by atoms with Gasteiger partial charge in [0.1, 0.15) is 18.1 Å². The zero-order valence-corrected chi connectivity index (χ0v) is 12.5. The van der Waals surface area contributed by atoms with Crippen molar-refractivity contribution in [3.63, 3.8) is 0 Å². The van der Waals surface area contributed by atoms with Gasteiger partial charge >= 0.3 is 0 Å². The summed E-state index contributed by atoms with van der Waals surface area (Å²) in [6.07, 6.45) is 0. The summed E-state index contributed by atoms with van der Waals surface area (Å²) in [6.45, 7) is 1.20. The van der Waals surface area contributed by atoms with Gasteiger partial charge in [-0.3, -0.25) is 4.79 Å². The Kier molecular flexibility index (Phi) is 3.81. The number of nitrogens with zero attached hydrogens (tertiary/aromatic N) is 1. The van der Waals surface area contributed by atoms with E-state index in [0.29, 0.717) is 30.4 Å². The summed E-state index contributed by atoms with van der Waals surface area (Å²) >= 11 is 6.01. The SMILES string of the molecule is Nc1ccc(O)cc1C(=O)N1CCOc2ccc(Cl)cc2C1. The monoisotopic (exact) mass is 318 g/mol. The lowest BCUT2D eigenvalue weighted by molar-refractivity contribution is 0.0734. The molecular weight excluding hydrogens is 304 g/mol. The van der Waals surface area contributed by atoms with Crippen molar-refractivity contribution in [3.05, 3.63) is 52.5 Å². The molecule has 1 heterocycles. The van der Waals surface area contributed by atoms with Crippen molar-refractivity contribution in [2.45, 2.75) is 6.54 Å². The van der Waals surface area contributed by atoms with Crippen molar-refractivity contribution in [1.82, 2.24) is 4.90 Å². The molecule has 0 radical (unpaired) electrons. The van der Waals surface area contributed by atoms with Crippen LogP contribution in [0.1, 0.15) is 15.9 Å². The van der Waals surface area contributed by atoms with E-state index in [1.165, 1.54) is 18.2 Å². The Balaban J connectivity index is 1.91. The maximum absolute atomic E-state index is 12.7. The highest BCUT2D eigenvalue weighted by Gasteiger charge is 2.23. The summed E-state index contributed by atoms with van der Waals surface area (Å²) in [5.41, 5.74) is 7.30. The summed E-state index contributed by atoms with van der Waals surface area (Å²) < 4.78 is 5.64. The van der Waals surface area contributed by atoms with E-state index in [0.717, 1.165) is 11.3 Å². The average molecular weight is 319 g/mol. The lowest BCUT2D eigenvalue weighted by Gasteiger charge is -2.21. The van der Waals surface area contributed by atoms with Crippen LogP contribution in [0.25, 0.3) is 0 Å². The molecular formula is C16H15ClN2O3.